The Hall–Kier alpha value is -2.95. The van der Waals surface area contributed by atoms with Crippen LogP contribution in [0.2, 0.25) is 0 Å². The van der Waals surface area contributed by atoms with Crippen molar-refractivity contribution in [3.05, 3.63) is 106 Å². The van der Waals surface area contributed by atoms with Crippen LogP contribution in [0.25, 0.3) is 0 Å². The topological polar surface area (TPSA) is 90.4 Å². The Morgan fingerprint density at radius 3 is 1.43 bits per heavy atom. The highest BCUT2D eigenvalue weighted by Gasteiger charge is 2.01. The predicted octanol–water partition coefficient (Wildman–Crippen LogP) is 3.29. The SMILES string of the molecule is NCc1ccc(CCc2ccc(C(N)=NCc3ccc(CN)cc3)cc2)cc1. The summed E-state index contributed by atoms with van der Waals surface area (Å²) in [6, 6.07) is 25.0. The van der Waals surface area contributed by atoms with Crippen LogP contribution >= 0.6 is 0 Å². The minimum atomic E-state index is 0.553. The molecule has 4 nitrogen and oxygen atoms in total. The highest BCUT2D eigenvalue weighted by molar-refractivity contribution is 5.97. The average Bonchev–Trinajstić information content (AvgIpc) is 2.77. The van der Waals surface area contributed by atoms with E-state index in [1.54, 1.807) is 0 Å². The van der Waals surface area contributed by atoms with Gasteiger partial charge >= 0.3 is 0 Å². The van der Waals surface area contributed by atoms with E-state index in [2.05, 4.69) is 41.4 Å². The van der Waals surface area contributed by atoms with Gasteiger partial charge in [-0.15, -0.1) is 0 Å². The molecule has 4 heteroatoms. The smallest absolute Gasteiger partial charge is 0.125 e. The van der Waals surface area contributed by atoms with Gasteiger partial charge < -0.3 is 17.2 Å². The fourth-order valence-electron chi connectivity index (χ4n) is 3.02. The number of aliphatic imine (C=N–C) groups is 1. The normalized spacial score (nSPS) is 11.6. The Morgan fingerprint density at radius 1 is 0.571 bits per heavy atom. The zero-order valence-electron chi connectivity index (χ0n) is 16.1. The van der Waals surface area contributed by atoms with Crippen molar-refractivity contribution in [3.8, 4) is 0 Å². The molecule has 0 aliphatic heterocycles. The van der Waals surface area contributed by atoms with Gasteiger partial charge in [0, 0.05) is 18.7 Å². The van der Waals surface area contributed by atoms with Crippen molar-refractivity contribution in [2.45, 2.75) is 32.5 Å². The van der Waals surface area contributed by atoms with Crippen molar-refractivity contribution in [1.82, 2.24) is 0 Å². The monoisotopic (exact) mass is 372 g/mol. The summed E-state index contributed by atoms with van der Waals surface area (Å²) >= 11 is 0. The third kappa shape index (κ3) is 5.52. The number of hydrogen-bond donors (Lipinski definition) is 3. The van der Waals surface area contributed by atoms with E-state index in [0.717, 1.165) is 35.1 Å². The van der Waals surface area contributed by atoms with Crippen molar-refractivity contribution in [2.24, 2.45) is 22.2 Å². The number of nitrogens with two attached hydrogens (primary N) is 3. The molecule has 3 rings (SSSR count). The molecule has 3 aromatic carbocycles. The molecule has 0 saturated carbocycles. The van der Waals surface area contributed by atoms with Gasteiger partial charge in [-0.3, -0.25) is 4.99 Å². The molecule has 28 heavy (non-hydrogen) atoms. The summed E-state index contributed by atoms with van der Waals surface area (Å²) in [6.07, 6.45) is 2.00. The second-order valence-corrected chi connectivity index (χ2v) is 6.94. The number of rotatable bonds is 8. The first-order valence-electron chi connectivity index (χ1n) is 9.63. The molecular weight excluding hydrogens is 344 g/mol. The van der Waals surface area contributed by atoms with Crippen molar-refractivity contribution in [2.75, 3.05) is 0 Å². The molecule has 0 unspecified atom stereocenters. The van der Waals surface area contributed by atoms with Crippen molar-refractivity contribution in [1.29, 1.82) is 0 Å². The quantitative estimate of drug-likeness (QED) is 0.418. The van der Waals surface area contributed by atoms with E-state index in [0.29, 0.717) is 25.5 Å². The summed E-state index contributed by atoms with van der Waals surface area (Å²) in [5.41, 5.74) is 24.4. The molecule has 6 N–H and O–H groups in total. The van der Waals surface area contributed by atoms with Crippen LogP contribution in [-0.4, -0.2) is 5.84 Å². The van der Waals surface area contributed by atoms with Gasteiger partial charge in [-0.2, -0.15) is 0 Å². The Labute approximate surface area is 167 Å². The molecule has 144 valence electrons. The zero-order valence-corrected chi connectivity index (χ0v) is 16.1. The van der Waals surface area contributed by atoms with Crippen LogP contribution in [0.15, 0.2) is 77.8 Å². The van der Waals surface area contributed by atoms with Gasteiger partial charge in [0.05, 0.1) is 6.54 Å². The van der Waals surface area contributed by atoms with Gasteiger partial charge in [0.1, 0.15) is 5.84 Å². The van der Waals surface area contributed by atoms with Crippen LogP contribution in [0, 0.1) is 0 Å². The number of amidine groups is 1. The van der Waals surface area contributed by atoms with E-state index in [4.69, 9.17) is 17.2 Å². The molecular formula is C24H28N4. The fourth-order valence-corrected chi connectivity index (χ4v) is 3.02. The lowest BCUT2D eigenvalue weighted by molar-refractivity contribution is 0.955. The molecule has 0 aliphatic rings. The summed E-state index contributed by atoms with van der Waals surface area (Å²) in [4.78, 5) is 4.51. The highest BCUT2D eigenvalue weighted by Crippen LogP contribution is 2.11. The summed E-state index contributed by atoms with van der Waals surface area (Å²) in [6.45, 7) is 1.71. The number of benzene rings is 3. The maximum Gasteiger partial charge on any atom is 0.125 e. The van der Waals surface area contributed by atoms with Gasteiger partial charge in [-0.05, 0) is 40.7 Å². The average molecular weight is 373 g/mol. The van der Waals surface area contributed by atoms with Gasteiger partial charge in [0.2, 0.25) is 0 Å². The molecule has 0 heterocycles. The third-order valence-electron chi connectivity index (χ3n) is 4.90. The lowest BCUT2D eigenvalue weighted by Gasteiger charge is -2.06. The van der Waals surface area contributed by atoms with Crippen molar-refractivity contribution < 1.29 is 0 Å². The van der Waals surface area contributed by atoms with Crippen LogP contribution < -0.4 is 17.2 Å². The standard InChI is InChI=1S/C24H28N4/c25-15-20-5-3-18(4-6-20)1-2-19-11-13-23(14-12-19)24(27)28-17-22-9-7-21(16-26)8-10-22/h3-14H,1-2,15-17,25-26H2,(H2,27,28). The predicted molar refractivity (Wildman–Crippen MR) is 117 cm³/mol. The number of nitrogens with zero attached hydrogens (tertiary/aromatic N) is 1. The van der Waals surface area contributed by atoms with Gasteiger partial charge in [0.25, 0.3) is 0 Å². The lowest BCUT2D eigenvalue weighted by atomic mass is 10.0. The maximum absolute atomic E-state index is 6.16. The van der Waals surface area contributed by atoms with Crippen LogP contribution in [0.1, 0.15) is 33.4 Å². The van der Waals surface area contributed by atoms with Gasteiger partial charge in [0.15, 0.2) is 0 Å². The first-order valence-corrected chi connectivity index (χ1v) is 9.63. The fraction of sp³-hybridized carbons (Fsp3) is 0.208. The summed E-state index contributed by atoms with van der Waals surface area (Å²) < 4.78 is 0. The Morgan fingerprint density at radius 2 is 0.964 bits per heavy atom. The van der Waals surface area contributed by atoms with Crippen molar-refractivity contribution in [3.63, 3.8) is 0 Å². The molecule has 0 spiro atoms. The molecule has 0 bridgehead atoms. The Balaban J connectivity index is 1.56. The summed E-state index contributed by atoms with van der Waals surface area (Å²) in [5, 5.41) is 0. The first-order chi connectivity index (χ1) is 13.7. The van der Waals surface area contributed by atoms with E-state index in [9.17, 15) is 0 Å². The zero-order chi connectivity index (χ0) is 19.8. The van der Waals surface area contributed by atoms with Crippen LogP contribution in [0.5, 0.6) is 0 Å². The molecule has 0 amide bonds. The second kappa shape index (κ2) is 9.83. The van der Waals surface area contributed by atoms with E-state index in [-0.39, 0.29) is 0 Å². The molecule has 0 aliphatic carbocycles. The molecule has 0 fully saturated rings. The van der Waals surface area contributed by atoms with Gasteiger partial charge in [-0.25, -0.2) is 0 Å². The van der Waals surface area contributed by atoms with Crippen molar-refractivity contribution >= 4 is 5.84 Å². The summed E-state index contributed by atoms with van der Waals surface area (Å²) in [5.74, 6) is 0.562. The third-order valence-corrected chi connectivity index (χ3v) is 4.90. The van der Waals surface area contributed by atoms with Crippen LogP contribution in [0.3, 0.4) is 0 Å². The summed E-state index contributed by atoms with van der Waals surface area (Å²) in [7, 11) is 0. The number of hydrogen-bond acceptors (Lipinski definition) is 3. The molecule has 0 atom stereocenters. The highest BCUT2D eigenvalue weighted by atomic mass is 14.8. The molecule has 0 aromatic heterocycles. The first kappa shape index (κ1) is 19.8. The number of aryl methyl sites for hydroxylation is 2. The molecule has 3 aromatic rings. The van der Waals surface area contributed by atoms with Crippen LogP contribution in [0.4, 0.5) is 0 Å². The van der Waals surface area contributed by atoms with E-state index in [1.165, 1.54) is 11.1 Å². The van der Waals surface area contributed by atoms with Crippen LogP contribution in [-0.2, 0) is 32.5 Å². The van der Waals surface area contributed by atoms with E-state index >= 15 is 0 Å². The maximum atomic E-state index is 6.16. The van der Waals surface area contributed by atoms with Gasteiger partial charge in [-0.1, -0.05) is 72.8 Å². The minimum Gasteiger partial charge on any atom is -0.383 e. The van der Waals surface area contributed by atoms with E-state index < -0.39 is 0 Å². The Bertz CT molecular complexity index is 895. The Kier molecular flexibility index (Phi) is 6.95. The van der Waals surface area contributed by atoms with E-state index in [1.807, 2.05) is 36.4 Å². The minimum absolute atomic E-state index is 0.553. The largest absolute Gasteiger partial charge is 0.383 e. The molecule has 0 saturated heterocycles. The molecule has 0 radical (unpaired) electrons. The second-order valence-electron chi connectivity index (χ2n) is 6.94. The lowest BCUT2D eigenvalue weighted by Crippen LogP contribution is -2.13.